The van der Waals surface area contributed by atoms with Crippen LogP contribution in [0, 0.1) is 0 Å². The fourth-order valence-electron chi connectivity index (χ4n) is 1.68. The third kappa shape index (κ3) is 3.52. The van der Waals surface area contributed by atoms with Gasteiger partial charge in [-0.05, 0) is 26.0 Å². The van der Waals surface area contributed by atoms with E-state index in [9.17, 15) is 4.21 Å². The van der Waals surface area contributed by atoms with E-state index < -0.39 is 0 Å². The van der Waals surface area contributed by atoms with Crippen molar-refractivity contribution >= 4 is 11.7 Å². The van der Waals surface area contributed by atoms with Crippen LogP contribution in [0.2, 0.25) is 0 Å². The van der Waals surface area contributed by atoms with Crippen LogP contribution in [-0.2, 0) is 15.9 Å². The molecular weight excluding hydrogens is 222 g/mol. The van der Waals surface area contributed by atoms with Crippen molar-refractivity contribution in [2.45, 2.75) is 37.9 Å². The predicted octanol–water partition coefficient (Wildman–Crippen LogP) is 2.79. The molecule has 0 saturated carbocycles. The van der Waals surface area contributed by atoms with Crippen molar-refractivity contribution in [3.8, 4) is 5.75 Å². The lowest BCUT2D eigenvalue weighted by Gasteiger charge is -2.13. The van der Waals surface area contributed by atoms with Crippen molar-refractivity contribution in [2.24, 2.45) is 0 Å². The highest BCUT2D eigenvalue weighted by Gasteiger charge is 2.35. The van der Waals surface area contributed by atoms with Crippen LogP contribution in [0.25, 0.3) is 0 Å². The van der Waals surface area contributed by atoms with Crippen LogP contribution in [0.3, 0.4) is 0 Å². The normalized spacial score (nSPS) is 13.2. The van der Waals surface area contributed by atoms with Gasteiger partial charge in [0.05, 0.1) is 13.3 Å². The topological polar surface area (TPSA) is 39.2 Å². The fourth-order valence-corrected chi connectivity index (χ4v) is 2.00. The maximum Gasteiger partial charge on any atom is 0.464 e. The maximum absolute atomic E-state index is 10.9. The second-order valence-electron chi connectivity index (χ2n) is 4.57. The van der Waals surface area contributed by atoms with Crippen LogP contribution in [-0.4, -0.2) is 16.8 Å². The Morgan fingerprint density at radius 1 is 1.50 bits per heavy atom. The molecule has 0 aliphatic carbocycles. The van der Waals surface area contributed by atoms with E-state index in [2.05, 4.69) is 11.9 Å². The Hall–Kier alpha value is -1.03. The Morgan fingerprint density at radius 3 is 2.62 bits per heavy atom. The first-order valence-electron chi connectivity index (χ1n) is 5.29. The molecule has 1 rings (SSSR count). The molecule has 0 amide bonds. The molecule has 0 spiro atoms. The first kappa shape index (κ1) is 13.0. The second kappa shape index (κ2) is 5.34. The molecule has 88 valence electrons. The molecule has 0 aliphatic heterocycles. The van der Waals surface area contributed by atoms with E-state index >= 15 is 0 Å². The van der Waals surface area contributed by atoms with Crippen LogP contribution < -0.4 is 4.74 Å². The van der Waals surface area contributed by atoms with Gasteiger partial charge in [0, 0.05) is 22.2 Å². The number of hydrogen-bond acceptors (Lipinski definition) is 3. The van der Waals surface area contributed by atoms with E-state index in [1.54, 1.807) is 13.3 Å². The summed E-state index contributed by atoms with van der Waals surface area (Å²) in [5, 5.41) is 0. The van der Waals surface area contributed by atoms with Crippen LogP contribution >= 0.6 is 0 Å². The Kier molecular flexibility index (Phi) is 4.35. The largest absolute Gasteiger partial charge is 0.495 e. The van der Waals surface area contributed by atoms with Gasteiger partial charge in [0.2, 0.25) is 4.75 Å². The van der Waals surface area contributed by atoms with Gasteiger partial charge in [-0.2, -0.15) is 0 Å². The summed E-state index contributed by atoms with van der Waals surface area (Å²) in [4.78, 5) is 4.33. The average molecular weight is 240 g/mol. The molecule has 1 heterocycles. The zero-order chi connectivity index (χ0) is 12.2. The van der Waals surface area contributed by atoms with Gasteiger partial charge in [0.1, 0.15) is 5.75 Å². The van der Waals surface area contributed by atoms with Gasteiger partial charge in [-0.3, -0.25) is 4.98 Å². The van der Waals surface area contributed by atoms with Gasteiger partial charge in [-0.25, -0.2) is 0 Å². The van der Waals surface area contributed by atoms with Gasteiger partial charge >= 0.3 is 11.7 Å². The van der Waals surface area contributed by atoms with Gasteiger partial charge in [0.15, 0.2) is 0 Å². The summed E-state index contributed by atoms with van der Waals surface area (Å²) in [6.45, 7) is 6.02. The second-order valence-corrected chi connectivity index (χ2v) is 5.84. The monoisotopic (exact) mass is 240 g/mol. The molecule has 3 nitrogen and oxygen atoms in total. The van der Waals surface area contributed by atoms with Crippen molar-refractivity contribution in [1.29, 1.82) is 0 Å². The lowest BCUT2D eigenvalue weighted by Crippen LogP contribution is -2.21. The van der Waals surface area contributed by atoms with E-state index in [0.29, 0.717) is 11.7 Å². The summed E-state index contributed by atoms with van der Waals surface area (Å²) < 4.78 is 15.7. The number of aromatic nitrogens is 1. The molecule has 16 heavy (non-hydrogen) atoms. The predicted molar refractivity (Wildman–Crippen MR) is 66.0 cm³/mol. The molecule has 0 unspecified atom stereocenters. The molecule has 0 aromatic carbocycles. The van der Waals surface area contributed by atoms with E-state index in [1.165, 1.54) is 0 Å². The summed E-state index contributed by atoms with van der Waals surface area (Å²) in [5.41, 5.74) is 1.00. The molecule has 0 bridgehead atoms. The standard InChI is InChI=1S/C12H18NO2S/c1-9(7-12(2,3)16-14)11-6-5-10(15-4)8-13-11/h5-6,8-9H,7H2,1-4H3/q+1/t9-/m1/s1. The Balaban J connectivity index is 2.73. The van der Waals surface area contributed by atoms with Crippen molar-refractivity contribution in [3.63, 3.8) is 0 Å². The summed E-state index contributed by atoms with van der Waals surface area (Å²) >= 11 is 0.655. The van der Waals surface area contributed by atoms with Crippen LogP contribution in [0.5, 0.6) is 5.75 Å². The smallest absolute Gasteiger partial charge is 0.464 e. The molecule has 4 heteroatoms. The Labute approximate surface area is 101 Å². The maximum atomic E-state index is 10.9. The summed E-state index contributed by atoms with van der Waals surface area (Å²) in [7, 11) is 1.62. The number of ether oxygens (including phenoxy) is 1. The van der Waals surface area contributed by atoms with Gasteiger partial charge < -0.3 is 4.74 Å². The molecule has 1 atom stereocenters. The van der Waals surface area contributed by atoms with Gasteiger partial charge in [0.25, 0.3) is 0 Å². The first-order valence-corrected chi connectivity index (χ1v) is 6.03. The molecule has 0 saturated heterocycles. The van der Waals surface area contributed by atoms with Crippen molar-refractivity contribution in [3.05, 3.63) is 24.0 Å². The van der Waals surface area contributed by atoms with Gasteiger partial charge in [-0.15, -0.1) is 0 Å². The summed E-state index contributed by atoms with van der Waals surface area (Å²) in [6.07, 6.45) is 2.53. The van der Waals surface area contributed by atoms with Crippen molar-refractivity contribution in [1.82, 2.24) is 4.98 Å². The summed E-state index contributed by atoms with van der Waals surface area (Å²) in [5.74, 6) is 1.04. The third-order valence-electron chi connectivity index (χ3n) is 2.52. The number of methoxy groups -OCH3 is 1. The van der Waals surface area contributed by atoms with Crippen molar-refractivity contribution < 1.29 is 8.95 Å². The number of hydrogen-bond donors (Lipinski definition) is 0. The van der Waals surface area contributed by atoms with Crippen LogP contribution in [0.4, 0.5) is 0 Å². The molecule has 0 radical (unpaired) electrons. The molecule has 0 aliphatic rings. The minimum atomic E-state index is -0.249. The van der Waals surface area contributed by atoms with Crippen LogP contribution in [0.1, 0.15) is 38.8 Å². The lowest BCUT2D eigenvalue weighted by molar-refractivity contribution is 0.412. The minimum Gasteiger partial charge on any atom is -0.495 e. The highest BCUT2D eigenvalue weighted by molar-refractivity contribution is 7.67. The zero-order valence-corrected chi connectivity index (χ0v) is 11.0. The minimum absolute atomic E-state index is 0.249. The molecule has 1 aromatic rings. The number of rotatable bonds is 5. The zero-order valence-electron chi connectivity index (χ0n) is 10.2. The quantitative estimate of drug-likeness (QED) is 0.743. The van der Waals surface area contributed by atoms with Gasteiger partial charge in [-0.1, -0.05) is 6.92 Å². The van der Waals surface area contributed by atoms with E-state index in [1.807, 2.05) is 26.0 Å². The van der Waals surface area contributed by atoms with E-state index in [0.717, 1.165) is 17.9 Å². The fraction of sp³-hybridized carbons (Fsp3) is 0.583. The molecule has 1 aromatic heterocycles. The summed E-state index contributed by atoms with van der Waals surface area (Å²) in [6, 6.07) is 3.85. The highest BCUT2D eigenvalue weighted by atomic mass is 32.1. The molecule has 0 fully saturated rings. The first-order chi connectivity index (χ1) is 7.48. The van der Waals surface area contributed by atoms with E-state index in [-0.39, 0.29) is 10.7 Å². The lowest BCUT2D eigenvalue weighted by atomic mass is 9.95. The average Bonchev–Trinajstić information content (AvgIpc) is 2.28. The number of nitrogens with zero attached hydrogens (tertiary/aromatic N) is 1. The Bertz CT molecular complexity index is 349. The van der Waals surface area contributed by atoms with Crippen LogP contribution in [0.15, 0.2) is 18.3 Å². The third-order valence-corrected chi connectivity index (χ3v) is 3.14. The SMILES string of the molecule is COc1ccc([C@H](C)CC(C)(C)[S+]=O)nc1. The number of pyridine rings is 1. The molecular formula is C12H18NO2S+. The van der Waals surface area contributed by atoms with E-state index in [4.69, 9.17) is 4.74 Å². The highest BCUT2D eigenvalue weighted by Crippen LogP contribution is 2.26. The van der Waals surface area contributed by atoms with Crippen molar-refractivity contribution in [2.75, 3.05) is 7.11 Å². The molecule has 0 N–H and O–H groups in total. The Morgan fingerprint density at radius 2 is 2.19 bits per heavy atom.